The van der Waals surface area contributed by atoms with E-state index in [1.54, 1.807) is 0 Å². The summed E-state index contributed by atoms with van der Waals surface area (Å²) in [6, 6.07) is 4.33. The minimum Gasteiger partial charge on any atom is -0.369 e. The monoisotopic (exact) mass is 205 g/mol. The summed E-state index contributed by atoms with van der Waals surface area (Å²) in [5, 5.41) is 0. The lowest BCUT2D eigenvalue weighted by atomic mass is 10.2. The zero-order valence-electron chi connectivity index (χ0n) is 9.61. The summed E-state index contributed by atoms with van der Waals surface area (Å²) in [6.07, 6.45) is 2.94. The predicted octanol–water partition coefficient (Wildman–Crippen LogP) is 1.40. The SMILES string of the molecule is CCc1cc(N2CCN(C)CC2)ccn1. The van der Waals surface area contributed by atoms with Crippen LogP contribution in [0.3, 0.4) is 0 Å². The van der Waals surface area contributed by atoms with Crippen molar-refractivity contribution in [3.8, 4) is 0 Å². The predicted molar refractivity (Wildman–Crippen MR) is 63.3 cm³/mol. The first-order valence-electron chi connectivity index (χ1n) is 5.68. The molecule has 0 aromatic carbocycles. The van der Waals surface area contributed by atoms with E-state index >= 15 is 0 Å². The summed E-state index contributed by atoms with van der Waals surface area (Å²) in [5.74, 6) is 0. The molecule has 0 bridgehead atoms. The zero-order chi connectivity index (χ0) is 10.7. The molecule has 0 aliphatic carbocycles. The summed E-state index contributed by atoms with van der Waals surface area (Å²) < 4.78 is 0. The first-order chi connectivity index (χ1) is 7.29. The Morgan fingerprint density at radius 3 is 2.67 bits per heavy atom. The van der Waals surface area contributed by atoms with Gasteiger partial charge in [-0.1, -0.05) is 6.92 Å². The van der Waals surface area contributed by atoms with Crippen LogP contribution >= 0.6 is 0 Å². The molecule has 1 fully saturated rings. The van der Waals surface area contributed by atoms with Crippen LogP contribution in [0, 0.1) is 0 Å². The van der Waals surface area contributed by atoms with Crippen LogP contribution in [0.15, 0.2) is 18.3 Å². The van der Waals surface area contributed by atoms with Crippen molar-refractivity contribution in [2.75, 3.05) is 38.1 Å². The highest BCUT2D eigenvalue weighted by atomic mass is 15.2. The second-order valence-electron chi connectivity index (χ2n) is 4.15. The molecule has 1 aromatic rings. The van der Waals surface area contributed by atoms with Crippen molar-refractivity contribution < 1.29 is 0 Å². The molecule has 1 saturated heterocycles. The molecular weight excluding hydrogens is 186 g/mol. The second-order valence-corrected chi connectivity index (χ2v) is 4.15. The van der Waals surface area contributed by atoms with Crippen molar-refractivity contribution in [3.05, 3.63) is 24.0 Å². The summed E-state index contributed by atoms with van der Waals surface area (Å²) in [7, 11) is 2.18. The van der Waals surface area contributed by atoms with E-state index in [-0.39, 0.29) is 0 Å². The lowest BCUT2D eigenvalue weighted by Crippen LogP contribution is -2.44. The van der Waals surface area contributed by atoms with E-state index in [0.717, 1.165) is 32.6 Å². The van der Waals surface area contributed by atoms with E-state index in [2.05, 4.69) is 40.9 Å². The molecule has 1 aliphatic rings. The van der Waals surface area contributed by atoms with Crippen LogP contribution < -0.4 is 4.90 Å². The Labute approximate surface area is 91.7 Å². The number of nitrogens with zero attached hydrogens (tertiary/aromatic N) is 3. The highest BCUT2D eigenvalue weighted by Crippen LogP contribution is 2.16. The first kappa shape index (κ1) is 10.4. The Bertz CT molecular complexity index is 316. The second kappa shape index (κ2) is 4.62. The Balaban J connectivity index is 2.08. The third-order valence-corrected chi connectivity index (χ3v) is 3.03. The summed E-state index contributed by atoms with van der Waals surface area (Å²) in [5.41, 5.74) is 2.52. The van der Waals surface area contributed by atoms with Gasteiger partial charge in [-0.05, 0) is 25.6 Å². The number of hydrogen-bond acceptors (Lipinski definition) is 3. The molecule has 3 heteroatoms. The molecule has 0 saturated carbocycles. The lowest BCUT2D eigenvalue weighted by Gasteiger charge is -2.34. The van der Waals surface area contributed by atoms with E-state index in [1.807, 2.05) is 6.20 Å². The lowest BCUT2D eigenvalue weighted by molar-refractivity contribution is 0.313. The van der Waals surface area contributed by atoms with Crippen LogP contribution in [0.25, 0.3) is 0 Å². The Morgan fingerprint density at radius 2 is 2.00 bits per heavy atom. The average molecular weight is 205 g/mol. The molecule has 3 nitrogen and oxygen atoms in total. The standard InChI is InChI=1S/C12H19N3/c1-3-11-10-12(4-5-13-11)15-8-6-14(2)7-9-15/h4-5,10H,3,6-9H2,1-2H3. The van der Waals surface area contributed by atoms with Gasteiger partial charge < -0.3 is 9.80 Å². The molecule has 0 N–H and O–H groups in total. The summed E-state index contributed by atoms with van der Waals surface area (Å²) >= 11 is 0. The van der Waals surface area contributed by atoms with Gasteiger partial charge in [-0.2, -0.15) is 0 Å². The van der Waals surface area contributed by atoms with Gasteiger partial charge in [0.15, 0.2) is 0 Å². The van der Waals surface area contributed by atoms with Crippen LogP contribution in [0.4, 0.5) is 5.69 Å². The van der Waals surface area contributed by atoms with Crippen molar-refractivity contribution in [3.63, 3.8) is 0 Å². The van der Waals surface area contributed by atoms with Crippen LogP contribution in [-0.4, -0.2) is 43.1 Å². The maximum absolute atomic E-state index is 4.33. The molecular formula is C12H19N3. The highest BCUT2D eigenvalue weighted by molar-refractivity contribution is 5.47. The van der Waals surface area contributed by atoms with Gasteiger partial charge in [0, 0.05) is 43.8 Å². The number of hydrogen-bond donors (Lipinski definition) is 0. The maximum atomic E-state index is 4.33. The molecule has 1 aliphatic heterocycles. The number of aryl methyl sites for hydroxylation is 1. The van der Waals surface area contributed by atoms with Gasteiger partial charge in [0.1, 0.15) is 0 Å². The average Bonchev–Trinajstić information content (AvgIpc) is 2.30. The molecule has 0 spiro atoms. The van der Waals surface area contributed by atoms with Crippen molar-refractivity contribution in [2.45, 2.75) is 13.3 Å². The largest absolute Gasteiger partial charge is 0.369 e. The Kier molecular flexibility index (Phi) is 3.21. The van der Waals surface area contributed by atoms with E-state index in [1.165, 1.54) is 11.4 Å². The van der Waals surface area contributed by atoms with E-state index in [9.17, 15) is 0 Å². The molecule has 0 amide bonds. The van der Waals surface area contributed by atoms with Crippen LogP contribution in [0.2, 0.25) is 0 Å². The third kappa shape index (κ3) is 2.48. The summed E-state index contributed by atoms with van der Waals surface area (Å²) in [6.45, 7) is 6.72. The number of likely N-dealkylation sites (N-methyl/N-ethyl adjacent to an activating group) is 1. The number of piperazine rings is 1. The highest BCUT2D eigenvalue weighted by Gasteiger charge is 2.14. The molecule has 2 heterocycles. The first-order valence-corrected chi connectivity index (χ1v) is 5.68. The molecule has 0 atom stereocenters. The van der Waals surface area contributed by atoms with Crippen LogP contribution in [0.1, 0.15) is 12.6 Å². The minimum absolute atomic E-state index is 1.02. The van der Waals surface area contributed by atoms with Crippen LogP contribution in [0.5, 0.6) is 0 Å². The number of aromatic nitrogens is 1. The van der Waals surface area contributed by atoms with E-state index < -0.39 is 0 Å². The van der Waals surface area contributed by atoms with Gasteiger partial charge in [-0.25, -0.2) is 0 Å². The normalized spacial score (nSPS) is 18.1. The smallest absolute Gasteiger partial charge is 0.0421 e. The third-order valence-electron chi connectivity index (χ3n) is 3.03. The van der Waals surface area contributed by atoms with Gasteiger partial charge >= 0.3 is 0 Å². The molecule has 2 rings (SSSR count). The molecule has 1 aromatic heterocycles. The van der Waals surface area contributed by atoms with Gasteiger partial charge in [0.2, 0.25) is 0 Å². The van der Waals surface area contributed by atoms with Gasteiger partial charge in [-0.3, -0.25) is 4.98 Å². The van der Waals surface area contributed by atoms with Gasteiger partial charge in [0.05, 0.1) is 0 Å². The van der Waals surface area contributed by atoms with Crippen molar-refractivity contribution in [2.24, 2.45) is 0 Å². The van der Waals surface area contributed by atoms with Gasteiger partial charge in [-0.15, -0.1) is 0 Å². The molecule has 0 radical (unpaired) electrons. The quantitative estimate of drug-likeness (QED) is 0.727. The number of rotatable bonds is 2. The van der Waals surface area contributed by atoms with Crippen molar-refractivity contribution in [1.29, 1.82) is 0 Å². The molecule has 15 heavy (non-hydrogen) atoms. The van der Waals surface area contributed by atoms with Crippen LogP contribution in [-0.2, 0) is 6.42 Å². The zero-order valence-corrected chi connectivity index (χ0v) is 9.61. The fourth-order valence-electron chi connectivity index (χ4n) is 1.92. The number of pyridine rings is 1. The number of anilines is 1. The topological polar surface area (TPSA) is 19.4 Å². The van der Waals surface area contributed by atoms with E-state index in [4.69, 9.17) is 0 Å². The maximum Gasteiger partial charge on any atom is 0.0421 e. The molecule has 0 unspecified atom stereocenters. The van der Waals surface area contributed by atoms with Crippen molar-refractivity contribution in [1.82, 2.24) is 9.88 Å². The van der Waals surface area contributed by atoms with E-state index in [0.29, 0.717) is 0 Å². The minimum atomic E-state index is 1.02. The fourth-order valence-corrected chi connectivity index (χ4v) is 1.92. The Morgan fingerprint density at radius 1 is 1.27 bits per heavy atom. The van der Waals surface area contributed by atoms with Crippen molar-refractivity contribution >= 4 is 5.69 Å². The van der Waals surface area contributed by atoms with Gasteiger partial charge in [0.25, 0.3) is 0 Å². The molecule has 82 valence electrons. The Hall–Kier alpha value is -1.09. The fraction of sp³-hybridized carbons (Fsp3) is 0.583. The summed E-state index contributed by atoms with van der Waals surface area (Å²) in [4.78, 5) is 9.15.